The van der Waals surface area contributed by atoms with E-state index in [4.69, 9.17) is 0 Å². The molecule has 0 saturated carbocycles. The minimum atomic E-state index is 0.288. The quantitative estimate of drug-likeness (QED) is 0.772. The Bertz CT molecular complexity index is 573. The van der Waals surface area contributed by atoms with E-state index in [9.17, 15) is 5.11 Å². The lowest BCUT2D eigenvalue weighted by molar-refractivity contribution is 0.463. The van der Waals surface area contributed by atoms with Crippen molar-refractivity contribution < 1.29 is 5.11 Å². The van der Waals surface area contributed by atoms with Crippen LogP contribution < -0.4 is 5.32 Å². The van der Waals surface area contributed by atoms with Crippen molar-refractivity contribution in [3.8, 4) is 5.75 Å². The molecule has 1 heterocycles. The van der Waals surface area contributed by atoms with Gasteiger partial charge >= 0.3 is 0 Å². The summed E-state index contributed by atoms with van der Waals surface area (Å²) in [5, 5.41) is 13.3. The molecule has 1 unspecified atom stereocenters. The highest BCUT2D eigenvalue weighted by Crippen LogP contribution is 2.25. The smallest absolute Gasteiger partial charge is 0.139 e. The maximum absolute atomic E-state index is 9.81. The van der Waals surface area contributed by atoms with Gasteiger partial charge in [0.05, 0.1) is 5.69 Å². The number of hydrogen-bond acceptors (Lipinski definition) is 3. The first kappa shape index (κ1) is 16.3. The molecule has 3 nitrogen and oxygen atoms in total. The van der Waals surface area contributed by atoms with Gasteiger partial charge < -0.3 is 10.4 Å². The predicted molar refractivity (Wildman–Crippen MR) is 92.6 cm³/mol. The van der Waals surface area contributed by atoms with Crippen LogP contribution in [0.1, 0.15) is 48.9 Å². The average Bonchev–Trinajstić information content (AvgIpc) is 2.53. The van der Waals surface area contributed by atoms with Crippen molar-refractivity contribution in [2.24, 2.45) is 0 Å². The molecule has 118 valence electrons. The van der Waals surface area contributed by atoms with E-state index in [1.165, 1.54) is 24.8 Å². The van der Waals surface area contributed by atoms with E-state index in [2.05, 4.69) is 47.6 Å². The van der Waals surface area contributed by atoms with E-state index in [-0.39, 0.29) is 5.75 Å². The lowest BCUT2D eigenvalue weighted by atomic mass is 9.93. The number of unbranched alkanes of at least 4 members (excludes halogenated alkanes) is 1. The predicted octanol–water partition coefficient (Wildman–Crippen LogP) is 4.79. The van der Waals surface area contributed by atoms with Crippen LogP contribution in [0, 0.1) is 13.8 Å². The summed E-state index contributed by atoms with van der Waals surface area (Å²) in [5.74, 6) is 1.61. The van der Waals surface area contributed by atoms with Crippen LogP contribution in [-0.4, -0.2) is 16.6 Å². The Labute approximate surface area is 133 Å². The van der Waals surface area contributed by atoms with Crippen LogP contribution in [0.15, 0.2) is 36.4 Å². The topological polar surface area (TPSA) is 45.1 Å². The van der Waals surface area contributed by atoms with Gasteiger partial charge in [-0.3, -0.25) is 0 Å². The van der Waals surface area contributed by atoms with Gasteiger partial charge in [0.2, 0.25) is 0 Å². The van der Waals surface area contributed by atoms with E-state index >= 15 is 0 Å². The first-order valence-electron chi connectivity index (χ1n) is 8.07. The van der Waals surface area contributed by atoms with Gasteiger partial charge in [-0.15, -0.1) is 0 Å². The Morgan fingerprint density at radius 1 is 1.18 bits per heavy atom. The van der Waals surface area contributed by atoms with Crippen molar-refractivity contribution in [1.82, 2.24) is 4.98 Å². The van der Waals surface area contributed by atoms with Gasteiger partial charge in [0.1, 0.15) is 11.6 Å². The first-order chi connectivity index (χ1) is 10.6. The van der Waals surface area contributed by atoms with Crippen LogP contribution in [0.2, 0.25) is 0 Å². The van der Waals surface area contributed by atoms with E-state index in [0.717, 1.165) is 17.9 Å². The van der Waals surface area contributed by atoms with E-state index in [1.54, 1.807) is 0 Å². The van der Waals surface area contributed by atoms with E-state index in [0.29, 0.717) is 11.6 Å². The summed E-state index contributed by atoms with van der Waals surface area (Å²) >= 11 is 0. The number of hydrogen-bond donors (Lipinski definition) is 2. The van der Waals surface area contributed by atoms with Crippen molar-refractivity contribution in [3.05, 3.63) is 53.2 Å². The molecule has 0 radical (unpaired) electrons. The number of nitrogens with zero attached hydrogens (tertiary/aromatic N) is 1. The third-order valence-corrected chi connectivity index (χ3v) is 4.06. The summed E-state index contributed by atoms with van der Waals surface area (Å²) in [5.41, 5.74) is 2.91. The monoisotopic (exact) mass is 298 g/mol. The minimum absolute atomic E-state index is 0.288. The number of nitrogens with one attached hydrogen (secondary N) is 1. The van der Waals surface area contributed by atoms with Gasteiger partial charge in [-0.05, 0) is 37.5 Å². The largest absolute Gasteiger partial charge is 0.506 e. The summed E-state index contributed by atoms with van der Waals surface area (Å²) in [6, 6.07) is 12.6. The molecule has 1 aromatic heterocycles. The fourth-order valence-corrected chi connectivity index (χ4v) is 2.71. The molecular weight excluding hydrogens is 272 g/mol. The molecule has 0 aliphatic carbocycles. The van der Waals surface area contributed by atoms with Crippen molar-refractivity contribution in [2.45, 2.75) is 46.0 Å². The van der Waals surface area contributed by atoms with Crippen LogP contribution in [0.25, 0.3) is 0 Å². The van der Waals surface area contributed by atoms with Crippen molar-refractivity contribution >= 4 is 5.82 Å². The summed E-state index contributed by atoms with van der Waals surface area (Å²) in [7, 11) is 0. The maximum Gasteiger partial charge on any atom is 0.139 e. The third-order valence-electron chi connectivity index (χ3n) is 4.06. The molecule has 2 N–H and O–H groups in total. The fraction of sp³-hybridized carbons (Fsp3) is 0.421. The highest BCUT2D eigenvalue weighted by molar-refractivity contribution is 5.46. The molecule has 0 aliphatic heterocycles. The SMILES string of the molecule is CCCCC(CNc1cc(C)c(O)c(C)n1)c1ccccc1. The first-order valence-corrected chi connectivity index (χ1v) is 8.07. The van der Waals surface area contributed by atoms with Crippen LogP contribution in [0.3, 0.4) is 0 Å². The third kappa shape index (κ3) is 4.23. The fourth-order valence-electron chi connectivity index (χ4n) is 2.71. The lowest BCUT2D eigenvalue weighted by Gasteiger charge is -2.19. The van der Waals surface area contributed by atoms with Crippen molar-refractivity contribution in [3.63, 3.8) is 0 Å². The van der Waals surface area contributed by atoms with Crippen LogP contribution in [-0.2, 0) is 0 Å². The molecule has 1 atom stereocenters. The number of rotatable bonds is 7. The number of benzene rings is 1. The van der Waals surface area contributed by atoms with Crippen LogP contribution in [0.5, 0.6) is 5.75 Å². The summed E-state index contributed by atoms with van der Waals surface area (Å²) in [6.45, 7) is 6.82. The molecule has 0 aliphatic rings. The highest BCUT2D eigenvalue weighted by atomic mass is 16.3. The van der Waals surface area contributed by atoms with E-state index in [1.807, 2.05) is 19.9 Å². The van der Waals surface area contributed by atoms with Crippen molar-refractivity contribution in [1.29, 1.82) is 0 Å². The Morgan fingerprint density at radius 3 is 2.55 bits per heavy atom. The molecule has 3 heteroatoms. The number of anilines is 1. The van der Waals surface area contributed by atoms with Gasteiger partial charge in [0.25, 0.3) is 0 Å². The number of aromatic hydroxyl groups is 1. The number of pyridine rings is 1. The Kier molecular flexibility index (Phi) is 5.82. The summed E-state index contributed by atoms with van der Waals surface area (Å²) in [6.07, 6.45) is 3.60. The molecule has 1 aromatic carbocycles. The van der Waals surface area contributed by atoms with Gasteiger partial charge in [-0.2, -0.15) is 0 Å². The Hall–Kier alpha value is -2.03. The van der Waals surface area contributed by atoms with E-state index < -0.39 is 0 Å². The Balaban J connectivity index is 2.08. The van der Waals surface area contributed by atoms with Crippen LogP contribution >= 0.6 is 0 Å². The second kappa shape index (κ2) is 7.83. The zero-order valence-corrected chi connectivity index (χ0v) is 13.8. The minimum Gasteiger partial charge on any atom is -0.506 e. The standard InChI is InChI=1S/C19H26N2O/c1-4-5-9-17(16-10-7-6-8-11-16)13-20-18-12-14(2)19(22)15(3)21-18/h6-8,10-12,17,22H,4-5,9,13H2,1-3H3,(H,20,21). The lowest BCUT2D eigenvalue weighted by Crippen LogP contribution is -2.14. The molecule has 2 aromatic rings. The summed E-state index contributed by atoms with van der Waals surface area (Å²) in [4.78, 5) is 4.42. The zero-order valence-electron chi connectivity index (χ0n) is 13.8. The molecule has 0 saturated heterocycles. The van der Waals surface area contributed by atoms with Gasteiger partial charge in [-0.1, -0.05) is 50.1 Å². The van der Waals surface area contributed by atoms with Crippen LogP contribution in [0.4, 0.5) is 5.82 Å². The molecular formula is C19H26N2O. The second-order valence-corrected chi connectivity index (χ2v) is 5.89. The molecule has 0 amide bonds. The molecule has 0 bridgehead atoms. The van der Waals surface area contributed by atoms with Gasteiger partial charge in [0.15, 0.2) is 0 Å². The molecule has 0 spiro atoms. The Morgan fingerprint density at radius 2 is 1.91 bits per heavy atom. The normalized spacial score (nSPS) is 12.1. The molecule has 22 heavy (non-hydrogen) atoms. The maximum atomic E-state index is 9.81. The molecule has 0 fully saturated rings. The van der Waals surface area contributed by atoms with Gasteiger partial charge in [-0.25, -0.2) is 4.98 Å². The average molecular weight is 298 g/mol. The summed E-state index contributed by atoms with van der Waals surface area (Å²) < 4.78 is 0. The van der Waals surface area contributed by atoms with Gasteiger partial charge in [0, 0.05) is 12.5 Å². The zero-order chi connectivity index (χ0) is 15.9. The highest BCUT2D eigenvalue weighted by Gasteiger charge is 2.12. The van der Waals surface area contributed by atoms with Crippen molar-refractivity contribution in [2.75, 3.05) is 11.9 Å². The molecule has 2 rings (SSSR count). The second-order valence-electron chi connectivity index (χ2n) is 5.89. The number of aromatic nitrogens is 1. The number of aryl methyl sites for hydroxylation is 2.